The molecule has 0 saturated carbocycles. The second kappa shape index (κ2) is 2.29. The van der Waals surface area contributed by atoms with Gasteiger partial charge in [0.2, 0.25) is 0 Å². The summed E-state index contributed by atoms with van der Waals surface area (Å²) in [7, 11) is 0. The van der Waals surface area contributed by atoms with Gasteiger partial charge in [0, 0.05) is 12.8 Å². The summed E-state index contributed by atoms with van der Waals surface area (Å²) in [6, 6.07) is 0. The highest BCUT2D eigenvalue weighted by Crippen LogP contribution is 2.15. The van der Waals surface area contributed by atoms with E-state index in [2.05, 4.69) is 17.1 Å². The van der Waals surface area contributed by atoms with Gasteiger partial charge >= 0.3 is 0 Å². The van der Waals surface area contributed by atoms with Gasteiger partial charge in [0.05, 0.1) is 11.9 Å². The second-order valence-electron chi connectivity index (χ2n) is 2.44. The van der Waals surface area contributed by atoms with Crippen LogP contribution in [-0.4, -0.2) is 11.8 Å². The molecule has 0 spiro atoms. The van der Waals surface area contributed by atoms with Crippen LogP contribution in [-0.2, 0) is 4.74 Å². The fraction of sp³-hybridized carbons (Fsp3) is 0.375. The third-order valence-electron chi connectivity index (χ3n) is 1.76. The molecule has 0 fully saturated rings. The normalized spacial score (nSPS) is 28.8. The van der Waals surface area contributed by atoms with E-state index in [4.69, 9.17) is 4.74 Å². The minimum absolute atomic E-state index is 0.231. The van der Waals surface area contributed by atoms with Crippen molar-refractivity contribution in [3.05, 3.63) is 24.6 Å². The van der Waals surface area contributed by atoms with Crippen molar-refractivity contribution in [3.63, 3.8) is 0 Å². The van der Waals surface area contributed by atoms with Crippen LogP contribution < -0.4 is 0 Å². The van der Waals surface area contributed by atoms with Gasteiger partial charge in [0.15, 0.2) is 0 Å². The summed E-state index contributed by atoms with van der Waals surface area (Å²) >= 11 is 0. The van der Waals surface area contributed by atoms with E-state index in [1.54, 1.807) is 12.5 Å². The molecule has 0 bridgehead atoms. The third kappa shape index (κ3) is 0.856. The highest BCUT2D eigenvalue weighted by Gasteiger charge is 2.18. The molecule has 0 radical (unpaired) electrons. The van der Waals surface area contributed by atoms with Gasteiger partial charge in [0.1, 0.15) is 12.4 Å². The number of hydrogen-bond acceptors (Lipinski definition) is 2. The predicted octanol–water partition coefficient (Wildman–Crippen LogP) is 1.65. The highest BCUT2D eigenvalue weighted by molar-refractivity contribution is 5.91. The summed E-state index contributed by atoms with van der Waals surface area (Å²) in [5.41, 5.74) is 1.16. The summed E-state index contributed by atoms with van der Waals surface area (Å²) in [4.78, 5) is 4.21. The molecule has 2 aliphatic rings. The predicted molar refractivity (Wildman–Crippen MR) is 39.8 cm³/mol. The monoisotopic (exact) mass is 135 g/mol. The lowest BCUT2D eigenvalue weighted by Crippen LogP contribution is -2.25. The van der Waals surface area contributed by atoms with E-state index >= 15 is 0 Å². The summed E-state index contributed by atoms with van der Waals surface area (Å²) in [5.74, 6) is 0. The van der Waals surface area contributed by atoms with Crippen molar-refractivity contribution in [2.45, 2.75) is 18.9 Å². The van der Waals surface area contributed by atoms with Crippen LogP contribution in [0.4, 0.5) is 0 Å². The summed E-state index contributed by atoms with van der Waals surface area (Å²) in [6.45, 7) is 0. The molecular formula is C8H9NO. The van der Waals surface area contributed by atoms with Crippen LogP contribution in [0.25, 0.3) is 0 Å². The smallest absolute Gasteiger partial charge is 0.140 e. The number of fused-ring (bicyclic) bond motifs is 1. The van der Waals surface area contributed by atoms with Crippen LogP contribution in [0, 0.1) is 0 Å². The number of hydrogen-bond donors (Lipinski definition) is 0. The molecule has 2 rings (SSSR count). The van der Waals surface area contributed by atoms with Gasteiger partial charge in [-0.15, -0.1) is 0 Å². The maximum Gasteiger partial charge on any atom is 0.140 e. The molecular weight excluding hydrogens is 126 g/mol. The average Bonchev–Trinajstić information content (AvgIpc) is 2.05. The van der Waals surface area contributed by atoms with Gasteiger partial charge < -0.3 is 4.74 Å². The molecule has 0 amide bonds. The van der Waals surface area contributed by atoms with Gasteiger partial charge in [-0.2, -0.15) is 0 Å². The lowest BCUT2D eigenvalue weighted by Gasteiger charge is -2.21. The Labute approximate surface area is 59.9 Å². The number of aliphatic imine (C=N–C) groups is 1. The molecule has 2 nitrogen and oxygen atoms in total. The maximum absolute atomic E-state index is 5.32. The molecule has 10 heavy (non-hydrogen) atoms. The van der Waals surface area contributed by atoms with Crippen molar-refractivity contribution in [1.82, 2.24) is 0 Å². The lowest BCUT2D eigenvalue weighted by atomic mass is 10.0. The van der Waals surface area contributed by atoms with Gasteiger partial charge in [-0.3, -0.25) is 4.99 Å². The van der Waals surface area contributed by atoms with Gasteiger partial charge in [0.25, 0.3) is 0 Å². The number of ether oxygens (including phenoxy) is 1. The molecule has 1 aliphatic heterocycles. The van der Waals surface area contributed by atoms with Crippen LogP contribution in [0.3, 0.4) is 0 Å². The van der Waals surface area contributed by atoms with Crippen molar-refractivity contribution >= 4 is 5.71 Å². The Bertz CT molecular complexity index is 215. The molecule has 52 valence electrons. The van der Waals surface area contributed by atoms with Crippen molar-refractivity contribution in [1.29, 1.82) is 0 Å². The average molecular weight is 135 g/mol. The minimum Gasteiger partial charge on any atom is -0.490 e. The van der Waals surface area contributed by atoms with Gasteiger partial charge in [-0.25, -0.2) is 0 Å². The number of allylic oxidation sites excluding steroid dienone is 1. The fourth-order valence-corrected chi connectivity index (χ4v) is 1.22. The zero-order chi connectivity index (χ0) is 6.81. The van der Waals surface area contributed by atoms with Crippen molar-refractivity contribution in [2.75, 3.05) is 0 Å². The van der Waals surface area contributed by atoms with E-state index in [1.807, 2.05) is 0 Å². The molecule has 0 aromatic rings. The van der Waals surface area contributed by atoms with Gasteiger partial charge in [-0.1, -0.05) is 12.2 Å². The Morgan fingerprint density at radius 3 is 3.40 bits per heavy atom. The first-order valence-corrected chi connectivity index (χ1v) is 3.49. The van der Waals surface area contributed by atoms with Crippen LogP contribution in [0.5, 0.6) is 0 Å². The number of rotatable bonds is 0. The molecule has 0 saturated heterocycles. The minimum atomic E-state index is 0.231. The Balaban J connectivity index is 2.23. The summed E-state index contributed by atoms with van der Waals surface area (Å²) in [6.07, 6.45) is 9.81. The molecule has 0 aromatic heterocycles. The zero-order valence-corrected chi connectivity index (χ0v) is 5.66. The largest absolute Gasteiger partial charge is 0.490 e. The summed E-state index contributed by atoms with van der Waals surface area (Å²) < 4.78 is 5.32. The summed E-state index contributed by atoms with van der Waals surface area (Å²) in [5, 5.41) is 0. The topological polar surface area (TPSA) is 21.6 Å². The Morgan fingerprint density at radius 2 is 2.50 bits per heavy atom. The zero-order valence-electron chi connectivity index (χ0n) is 5.66. The third-order valence-corrected chi connectivity index (χ3v) is 1.76. The first-order valence-electron chi connectivity index (χ1n) is 3.49. The van der Waals surface area contributed by atoms with E-state index in [0.717, 1.165) is 18.6 Å². The van der Waals surface area contributed by atoms with Crippen molar-refractivity contribution < 1.29 is 4.74 Å². The highest BCUT2D eigenvalue weighted by atomic mass is 16.5. The van der Waals surface area contributed by atoms with Crippen molar-refractivity contribution in [3.8, 4) is 0 Å². The van der Waals surface area contributed by atoms with E-state index in [-0.39, 0.29) is 6.10 Å². The van der Waals surface area contributed by atoms with Crippen LogP contribution in [0.15, 0.2) is 29.6 Å². The van der Waals surface area contributed by atoms with Crippen LogP contribution >= 0.6 is 0 Å². The van der Waals surface area contributed by atoms with Crippen molar-refractivity contribution in [2.24, 2.45) is 4.99 Å². The lowest BCUT2D eigenvalue weighted by molar-refractivity contribution is 0.197. The molecule has 1 heterocycles. The van der Waals surface area contributed by atoms with Crippen LogP contribution in [0.2, 0.25) is 0 Å². The second-order valence-corrected chi connectivity index (χ2v) is 2.44. The van der Waals surface area contributed by atoms with E-state index in [9.17, 15) is 0 Å². The Kier molecular flexibility index (Phi) is 1.31. The van der Waals surface area contributed by atoms with E-state index in [0.29, 0.717) is 0 Å². The molecule has 1 unspecified atom stereocenters. The SMILES string of the molecule is C1=CCC2OC=CN=C2C1. The maximum atomic E-state index is 5.32. The standard InChI is InChI=1S/C8H9NO/c1-2-4-8-7(3-1)9-5-6-10-8/h1-2,5-6,8H,3-4H2. The first-order chi connectivity index (χ1) is 4.97. The first kappa shape index (κ1) is 5.71. The Hall–Kier alpha value is -1.05. The molecule has 1 atom stereocenters. The molecule has 0 N–H and O–H groups in total. The molecule has 1 aliphatic carbocycles. The molecule has 2 heteroatoms. The van der Waals surface area contributed by atoms with Gasteiger partial charge in [-0.05, 0) is 0 Å². The fourth-order valence-electron chi connectivity index (χ4n) is 1.22. The number of nitrogens with zero attached hydrogens (tertiary/aromatic N) is 1. The van der Waals surface area contributed by atoms with E-state index in [1.165, 1.54) is 0 Å². The molecule has 0 aromatic carbocycles. The quantitative estimate of drug-likeness (QED) is 0.463. The van der Waals surface area contributed by atoms with Crippen LogP contribution in [0.1, 0.15) is 12.8 Å². The van der Waals surface area contributed by atoms with E-state index < -0.39 is 0 Å². The Morgan fingerprint density at radius 1 is 1.50 bits per heavy atom.